The van der Waals surface area contributed by atoms with Gasteiger partial charge in [0.2, 0.25) is 0 Å². The lowest BCUT2D eigenvalue weighted by Gasteiger charge is -2.18. The van der Waals surface area contributed by atoms with Crippen LogP contribution in [0.2, 0.25) is 0 Å². The molecule has 1 rings (SSSR count). The lowest BCUT2D eigenvalue weighted by atomic mass is 10.2. The van der Waals surface area contributed by atoms with E-state index in [4.69, 9.17) is 9.84 Å². The Labute approximate surface area is 116 Å². The fourth-order valence-corrected chi connectivity index (χ4v) is 1.96. The number of benzene rings is 1. The van der Waals surface area contributed by atoms with Crippen LogP contribution in [0.25, 0.3) is 0 Å². The van der Waals surface area contributed by atoms with E-state index < -0.39 is 5.97 Å². The maximum atomic E-state index is 11.0. The van der Waals surface area contributed by atoms with Crippen LogP contribution in [-0.4, -0.2) is 42.2 Å². The zero-order chi connectivity index (χ0) is 13.5. The third-order valence-corrected chi connectivity index (χ3v) is 3.23. The smallest absolute Gasteiger partial charge is 0.339 e. The molecule has 0 aliphatic heterocycles. The summed E-state index contributed by atoms with van der Waals surface area (Å²) in [5, 5.41) is 9.05. The highest BCUT2D eigenvalue weighted by Gasteiger charge is 2.11. The van der Waals surface area contributed by atoms with Crippen LogP contribution >= 0.6 is 15.9 Å². The lowest BCUT2D eigenvalue weighted by molar-refractivity contribution is 0.0691. The first-order valence-corrected chi connectivity index (χ1v) is 6.75. The summed E-state index contributed by atoms with van der Waals surface area (Å²) in [4.78, 5) is 13.3. The number of ether oxygens (including phenoxy) is 1. The third kappa shape index (κ3) is 4.31. The summed E-state index contributed by atoms with van der Waals surface area (Å²) in [7, 11) is 0. The molecule has 0 aromatic heterocycles. The van der Waals surface area contributed by atoms with E-state index in [0.717, 1.165) is 24.1 Å². The number of rotatable bonds is 7. The second-order valence-electron chi connectivity index (χ2n) is 3.82. The van der Waals surface area contributed by atoms with Crippen LogP contribution < -0.4 is 4.74 Å². The molecule has 0 bridgehead atoms. The molecule has 100 valence electrons. The Kier molecular flexibility index (Phi) is 6.15. The van der Waals surface area contributed by atoms with Crippen LogP contribution in [0.5, 0.6) is 5.75 Å². The normalized spacial score (nSPS) is 10.7. The van der Waals surface area contributed by atoms with E-state index in [-0.39, 0.29) is 5.56 Å². The van der Waals surface area contributed by atoms with E-state index in [1.807, 2.05) is 0 Å². The minimum Gasteiger partial charge on any atom is -0.491 e. The predicted molar refractivity (Wildman–Crippen MR) is 74.4 cm³/mol. The molecule has 0 aliphatic carbocycles. The summed E-state index contributed by atoms with van der Waals surface area (Å²) in [5.41, 5.74) is 0.192. The number of carboxylic acids is 1. The van der Waals surface area contributed by atoms with E-state index in [0.29, 0.717) is 12.4 Å². The molecule has 0 fully saturated rings. The second-order valence-corrected chi connectivity index (χ2v) is 4.74. The molecule has 18 heavy (non-hydrogen) atoms. The maximum Gasteiger partial charge on any atom is 0.339 e. The first-order valence-electron chi connectivity index (χ1n) is 5.96. The van der Waals surface area contributed by atoms with Crippen molar-refractivity contribution in [2.24, 2.45) is 0 Å². The van der Waals surface area contributed by atoms with Gasteiger partial charge >= 0.3 is 5.97 Å². The van der Waals surface area contributed by atoms with Gasteiger partial charge in [-0.15, -0.1) is 0 Å². The van der Waals surface area contributed by atoms with Crippen LogP contribution in [0.4, 0.5) is 0 Å². The van der Waals surface area contributed by atoms with Gasteiger partial charge in [-0.2, -0.15) is 0 Å². The molecule has 1 N–H and O–H groups in total. The molecule has 0 heterocycles. The maximum absolute atomic E-state index is 11.0. The minimum absolute atomic E-state index is 0.192. The number of hydrogen-bond donors (Lipinski definition) is 1. The quantitative estimate of drug-likeness (QED) is 0.840. The van der Waals surface area contributed by atoms with Gasteiger partial charge in [0, 0.05) is 11.0 Å². The van der Waals surface area contributed by atoms with Gasteiger partial charge in [0.25, 0.3) is 0 Å². The fourth-order valence-electron chi connectivity index (χ4n) is 1.62. The highest BCUT2D eigenvalue weighted by molar-refractivity contribution is 9.10. The average molecular weight is 316 g/mol. The van der Waals surface area contributed by atoms with Crippen molar-refractivity contribution in [3.05, 3.63) is 28.2 Å². The van der Waals surface area contributed by atoms with Crippen molar-refractivity contribution < 1.29 is 14.6 Å². The molecule has 0 amide bonds. The van der Waals surface area contributed by atoms with Gasteiger partial charge in [0.1, 0.15) is 17.9 Å². The molecule has 4 nitrogen and oxygen atoms in total. The number of hydrogen-bond acceptors (Lipinski definition) is 3. The summed E-state index contributed by atoms with van der Waals surface area (Å²) in [6.45, 7) is 7.38. The Morgan fingerprint density at radius 2 is 2.06 bits per heavy atom. The van der Waals surface area contributed by atoms with E-state index in [1.165, 1.54) is 0 Å². The predicted octanol–water partition coefficient (Wildman–Crippen LogP) is 2.87. The molecular weight excluding hydrogens is 298 g/mol. The largest absolute Gasteiger partial charge is 0.491 e. The molecular formula is C13H18BrNO3. The van der Waals surface area contributed by atoms with Gasteiger partial charge < -0.3 is 14.7 Å². The number of halogens is 1. The van der Waals surface area contributed by atoms with Crippen molar-refractivity contribution in [3.8, 4) is 5.75 Å². The average Bonchev–Trinajstić information content (AvgIpc) is 2.34. The first-order chi connectivity index (χ1) is 8.58. The number of aromatic carboxylic acids is 1. The second kappa shape index (κ2) is 7.38. The molecule has 0 saturated carbocycles. The van der Waals surface area contributed by atoms with Crippen molar-refractivity contribution in [1.29, 1.82) is 0 Å². The Morgan fingerprint density at radius 3 is 2.61 bits per heavy atom. The zero-order valence-corrected chi connectivity index (χ0v) is 12.2. The fraction of sp³-hybridized carbons (Fsp3) is 0.462. The van der Waals surface area contributed by atoms with Crippen molar-refractivity contribution in [2.45, 2.75) is 13.8 Å². The number of likely N-dealkylation sites (N-methyl/N-ethyl adjacent to an activating group) is 1. The molecule has 1 aromatic carbocycles. The topological polar surface area (TPSA) is 49.8 Å². The van der Waals surface area contributed by atoms with Crippen LogP contribution in [-0.2, 0) is 0 Å². The number of carboxylic acid groups (broad SMARTS) is 1. The molecule has 0 saturated heterocycles. The van der Waals surface area contributed by atoms with Gasteiger partial charge in [0.05, 0.1) is 0 Å². The van der Waals surface area contributed by atoms with Crippen LogP contribution in [0.3, 0.4) is 0 Å². The molecule has 1 aromatic rings. The summed E-state index contributed by atoms with van der Waals surface area (Å²) in [6, 6.07) is 4.92. The van der Waals surface area contributed by atoms with Gasteiger partial charge in [0.15, 0.2) is 0 Å². The lowest BCUT2D eigenvalue weighted by Crippen LogP contribution is -2.28. The van der Waals surface area contributed by atoms with Crippen LogP contribution in [0, 0.1) is 0 Å². The molecule has 0 radical (unpaired) electrons. The van der Waals surface area contributed by atoms with Gasteiger partial charge in [-0.05, 0) is 31.3 Å². The SMILES string of the molecule is CCN(CC)CCOc1cc(Br)ccc1C(=O)O. The molecule has 0 unspecified atom stereocenters. The molecule has 0 spiro atoms. The van der Waals surface area contributed by atoms with E-state index in [9.17, 15) is 4.79 Å². The highest BCUT2D eigenvalue weighted by atomic mass is 79.9. The van der Waals surface area contributed by atoms with E-state index in [2.05, 4.69) is 34.7 Å². The minimum atomic E-state index is -0.972. The van der Waals surface area contributed by atoms with Crippen molar-refractivity contribution in [1.82, 2.24) is 4.90 Å². The Balaban J connectivity index is 2.66. The standard InChI is InChI=1S/C13H18BrNO3/c1-3-15(4-2)7-8-18-12-9-10(14)5-6-11(12)13(16)17/h5-6,9H,3-4,7-8H2,1-2H3,(H,16,17). The van der Waals surface area contributed by atoms with E-state index in [1.54, 1.807) is 18.2 Å². The molecule has 5 heteroatoms. The van der Waals surface area contributed by atoms with Crippen molar-refractivity contribution >= 4 is 21.9 Å². The van der Waals surface area contributed by atoms with Gasteiger partial charge in [-0.3, -0.25) is 0 Å². The van der Waals surface area contributed by atoms with Gasteiger partial charge in [-0.25, -0.2) is 4.79 Å². The van der Waals surface area contributed by atoms with E-state index >= 15 is 0 Å². The Morgan fingerprint density at radius 1 is 1.39 bits per heavy atom. The zero-order valence-electron chi connectivity index (χ0n) is 10.6. The van der Waals surface area contributed by atoms with Gasteiger partial charge in [-0.1, -0.05) is 29.8 Å². The van der Waals surface area contributed by atoms with Crippen molar-refractivity contribution in [2.75, 3.05) is 26.2 Å². The summed E-state index contributed by atoms with van der Waals surface area (Å²) >= 11 is 3.31. The first kappa shape index (κ1) is 15.0. The summed E-state index contributed by atoms with van der Waals surface area (Å²) in [6.07, 6.45) is 0. The Bertz CT molecular complexity index is 405. The number of carbonyl (C=O) groups is 1. The van der Waals surface area contributed by atoms with Crippen LogP contribution in [0.1, 0.15) is 24.2 Å². The van der Waals surface area contributed by atoms with Crippen molar-refractivity contribution in [3.63, 3.8) is 0 Å². The van der Waals surface area contributed by atoms with Crippen LogP contribution in [0.15, 0.2) is 22.7 Å². The molecule has 0 atom stereocenters. The third-order valence-electron chi connectivity index (χ3n) is 2.73. The summed E-state index contributed by atoms with van der Waals surface area (Å²) < 4.78 is 6.37. The highest BCUT2D eigenvalue weighted by Crippen LogP contribution is 2.23. The molecule has 0 aliphatic rings. The monoisotopic (exact) mass is 315 g/mol. The Hall–Kier alpha value is -1.07. The number of nitrogens with zero attached hydrogens (tertiary/aromatic N) is 1. The summed E-state index contributed by atoms with van der Waals surface area (Å²) in [5.74, 6) is -0.565.